The summed E-state index contributed by atoms with van der Waals surface area (Å²) in [5.74, 6) is -1.37. The fourth-order valence-corrected chi connectivity index (χ4v) is 2.06. The smallest absolute Gasteiger partial charge is 0.337 e. The second kappa shape index (κ2) is 6.61. The van der Waals surface area contributed by atoms with E-state index >= 15 is 0 Å². The Bertz CT molecular complexity index is 684. The molecule has 0 atom stereocenters. The summed E-state index contributed by atoms with van der Waals surface area (Å²) >= 11 is 11.5. The van der Waals surface area contributed by atoms with E-state index in [0.717, 1.165) is 0 Å². The van der Waals surface area contributed by atoms with E-state index in [1.165, 1.54) is 12.1 Å². The minimum Gasteiger partial charge on any atom is -0.478 e. The van der Waals surface area contributed by atoms with Crippen molar-refractivity contribution in [1.29, 1.82) is 0 Å². The lowest BCUT2D eigenvalue weighted by Crippen LogP contribution is -2.22. The Labute approximate surface area is 131 Å². The second-order valence-corrected chi connectivity index (χ2v) is 5.15. The molecule has 0 aliphatic heterocycles. The lowest BCUT2D eigenvalue weighted by atomic mass is 10.1. The number of amides is 1. The molecular weight excluding hydrogens is 313 g/mol. The molecule has 21 heavy (non-hydrogen) atoms. The largest absolute Gasteiger partial charge is 0.478 e. The van der Waals surface area contributed by atoms with Gasteiger partial charge in [-0.2, -0.15) is 0 Å². The molecule has 1 amide bonds. The summed E-state index contributed by atoms with van der Waals surface area (Å²) in [5.41, 5.74) is 1.14. The van der Waals surface area contributed by atoms with Crippen molar-refractivity contribution >= 4 is 35.1 Å². The number of carbonyl (C=O) groups is 2. The van der Waals surface area contributed by atoms with Gasteiger partial charge in [0, 0.05) is 17.1 Å². The Morgan fingerprint density at radius 3 is 2.33 bits per heavy atom. The zero-order chi connectivity index (χ0) is 15.4. The van der Waals surface area contributed by atoms with Crippen LogP contribution in [0.4, 0.5) is 0 Å². The third-order valence-electron chi connectivity index (χ3n) is 2.82. The van der Waals surface area contributed by atoms with Crippen LogP contribution < -0.4 is 5.32 Å². The molecule has 0 heterocycles. The zero-order valence-electron chi connectivity index (χ0n) is 10.8. The lowest BCUT2D eigenvalue weighted by Gasteiger charge is -2.07. The van der Waals surface area contributed by atoms with Crippen LogP contribution in [0.3, 0.4) is 0 Å². The van der Waals surface area contributed by atoms with E-state index < -0.39 is 5.97 Å². The van der Waals surface area contributed by atoms with Gasteiger partial charge in [-0.3, -0.25) is 4.79 Å². The first-order valence-electron chi connectivity index (χ1n) is 6.03. The van der Waals surface area contributed by atoms with E-state index in [2.05, 4.69) is 5.32 Å². The van der Waals surface area contributed by atoms with Crippen LogP contribution in [0.15, 0.2) is 42.5 Å². The van der Waals surface area contributed by atoms with E-state index in [0.29, 0.717) is 16.1 Å². The Balaban J connectivity index is 2.06. The molecule has 0 bridgehead atoms. The number of carboxylic acid groups (broad SMARTS) is 1. The first kappa shape index (κ1) is 15.4. The highest BCUT2D eigenvalue weighted by Gasteiger charge is 2.10. The number of nitrogens with one attached hydrogen (secondary N) is 1. The van der Waals surface area contributed by atoms with Gasteiger partial charge in [0.05, 0.1) is 10.6 Å². The van der Waals surface area contributed by atoms with Gasteiger partial charge < -0.3 is 10.4 Å². The minimum atomic E-state index is -1.11. The maximum atomic E-state index is 11.9. The molecule has 0 aromatic heterocycles. The number of aromatic carboxylic acids is 1. The van der Waals surface area contributed by atoms with Gasteiger partial charge in [-0.25, -0.2) is 4.79 Å². The van der Waals surface area contributed by atoms with Crippen molar-refractivity contribution in [3.8, 4) is 0 Å². The molecule has 2 rings (SSSR count). The third-order valence-corrected chi connectivity index (χ3v) is 3.40. The third kappa shape index (κ3) is 3.97. The van der Waals surface area contributed by atoms with Crippen LogP contribution in [0.5, 0.6) is 0 Å². The molecule has 0 spiro atoms. The number of carboxylic acids is 1. The highest BCUT2D eigenvalue weighted by molar-refractivity contribution is 6.33. The van der Waals surface area contributed by atoms with Crippen molar-refractivity contribution in [3.63, 3.8) is 0 Å². The number of hydrogen-bond acceptors (Lipinski definition) is 2. The average Bonchev–Trinajstić information content (AvgIpc) is 2.46. The molecule has 0 radical (unpaired) electrons. The molecule has 0 saturated heterocycles. The molecule has 4 nitrogen and oxygen atoms in total. The molecule has 2 aromatic rings. The molecule has 108 valence electrons. The normalized spacial score (nSPS) is 10.2. The first-order chi connectivity index (χ1) is 9.97. The van der Waals surface area contributed by atoms with E-state index in [4.69, 9.17) is 28.3 Å². The average molecular weight is 324 g/mol. The van der Waals surface area contributed by atoms with Crippen LogP contribution in [0.1, 0.15) is 26.3 Å². The minimum absolute atomic E-state index is 0.00917. The van der Waals surface area contributed by atoms with Crippen molar-refractivity contribution in [3.05, 3.63) is 69.2 Å². The maximum Gasteiger partial charge on any atom is 0.337 e. The van der Waals surface area contributed by atoms with Gasteiger partial charge in [0.2, 0.25) is 0 Å². The van der Waals surface area contributed by atoms with E-state index in [9.17, 15) is 9.59 Å². The molecule has 0 saturated carbocycles. The summed E-state index contributed by atoms with van der Waals surface area (Å²) in [6, 6.07) is 11.1. The lowest BCUT2D eigenvalue weighted by molar-refractivity contribution is 0.0697. The van der Waals surface area contributed by atoms with Crippen LogP contribution in [0.25, 0.3) is 0 Å². The van der Waals surface area contributed by atoms with Crippen LogP contribution in [-0.2, 0) is 6.54 Å². The van der Waals surface area contributed by atoms with Gasteiger partial charge in [-0.1, -0.05) is 29.3 Å². The Morgan fingerprint density at radius 2 is 1.71 bits per heavy atom. The van der Waals surface area contributed by atoms with Gasteiger partial charge in [-0.05, 0) is 42.0 Å². The van der Waals surface area contributed by atoms with E-state index in [1.54, 1.807) is 30.3 Å². The Morgan fingerprint density at radius 1 is 1.05 bits per heavy atom. The van der Waals surface area contributed by atoms with Crippen molar-refractivity contribution in [2.45, 2.75) is 6.54 Å². The number of halogens is 2. The topological polar surface area (TPSA) is 66.4 Å². The molecule has 0 aliphatic carbocycles. The predicted octanol–water partition coefficient (Wildman–Crippen LogP) is 3.62. The van der Waals surface area contributed by atoms with Crippen molar-refractivity contribution in [2.75, 3.05) is 0 Å². The van der Waals surface area contributed by atoms with Gasteiger partial charge in [0.25, 0.3) is 5.91 Å². The number of hydrogen-bond donors (Lipinski definition) is 2. The Hall–Kier alpha value is -2.04. The summed E-state index contributed by atoms with van der Waals surface area (Å²) in [7, 11) is 0. The SMILES string of the molecule is O=C(NCc1ccc(Cl)c(C(=O)O)c1)c1ccc(Cl)cc1. The predicted molar refractivity (Wildman–Crippen MR) is 81.0 cm³/mol. The van der Waals surface area contributed by atoms with Gasteiger partial charge in [0.15, 0.2) is 0 Å². The molecule has 0 unspecified atom stereocenters. The van der Waals surface area contributed by atoms with Crippen molar-refractivity contribution in [2.24, 2.45) is 0 Å². The summed E-state index contributed by atoms with van der Waals surface area (Å²) in [4.78, 5) is 22.9. The van der Waals surface area contributed by atoms with Gasteiger partial charge in [0.1, 0.15) is 0 Å². The van der Waals surface area contributed by atoms with E-state index in [1.807, 2.05) is 0 Å². The Kier molecular flexibility index (Phi) is 4.83. The summed E-state index contributed by atoms with van der Waals surface area (Å²) in [6.07, 6.45) is 0. The van der Waals surface area contributed by atoms with Crippen LogP contribution in [0, 0.1) is 0 Å². The van der Waals surface area contributed by atoms with Crippen molar-refractivity contribution in [1.82, 2.24) is 5.32 Å². The fraction of sp³-hybridized carbons (Fsp3) is 0.0667. The monoisotopic (exact) mass is 323 g/mol. The molecule has 0 fully saturated rings. The summed E-state index contributed by atoms with van der Waals surface area (Å²) in [6.45, 7) is 0.207. The highest BCUT2D eigenvalue weighted by atomic mass is 35.5. The van der Waals surface area contributed by atoms with E-state index in [-0.39, 0.29) is 23.0 Å². The molecule has 0 aliphatic rings. The zero-order valence-corrected chi connectivity index (χ0v) is 12.3. The quantitative estimate of drug-likeness (QED) is 0.903. The number of benzene rings is 2. The first-order valence-corrected chi connectivity index (χ1v) is 6.78. The molecule has 6 heteroatoms. The van der Waals surface area contributed by atoms with Crippen LogP contribution >= 0.6 is 23.2 Å². The van der Waals surface area contributed by atoms with Crippen LogP contribution in [-0.4, -0.2) is 17.0 Å². The van der Waals surface area contributed by atoms with Crippen molar-refractivity contribution < 1.29 is 14.7 Å². The van der Waals surface area contributed by atoms with Gasteiger partial charge >= 0.3 is 5.97 Å². The van der Waals surface area contributed by atoms with Crippen LogP contribution in [0.2, 0.25) is 10.0 Å². The molecular formula is C15H11Cl2NO3. The fourth-order valence-electron chi connectivity index (χ4n) is 1.73. The molecule has 2 aromatic carbocycles. The number of carbonyl (C=O) groups excluding carboxylic acids is 1. The summed E-state index contributed by atoms with van der Waals surface area (Å²) < 4.78 is 0. The standard InChI is InChI=1S/C15H11Cl2NO3/c16-11-4-2-10(3-5-11)14(19)18-8-9-1-6-13(17)12(7-9)15(20)21/h1-7H,8H2,(H,18,19)(H,20,21). The maximum absolute atomic E-state index is 11.9. The van der Waals surface area contributed by atoms with Gasteiger partial charge in [-0.15, -0.1) is 0 Å². The second-order valence-electron chi connectivity index (χ2n) is 4.31. The highest BCUT2D eigenvalue weighted by Crippen LogP contribution is 2.17. The molecule has 2 N–H and O–H groups in total. The number of rotatable bonds is 4. The summed E-state index contributed by atoms with van der Waals surface area (Å²) in [5, 5.41) is 12.4.